The van der Waals surface area contributed by atoms with Crippen LogP contribution < -0.4 is 5.32 Å². The normalized spacial score (nSPS) is 18.8. The van der Waals surface area contributed by atoms with Gasteiger partial charge in [-0.25, -0.2) is 4.79 Å². The Labute approximate surface area is 184 Å². The lowest BCUT2D eigenvalue weighted by Gasteiger charge is -2.27. The second-order valence-corrected chi connectivity index (χ2v) is 8.90. The second kappa shape index (κ2) is 9.62. The SMILES string of the molecule is CC(C)OC(=O)c1c(-c2ccccc2Cl)csc1NC(=O)[C@@H]1CCCC[C@@H]1C(=O)O. The highest BCUT2D eigenvalue weighted by molar-refractivity contribution is 7.15. The minimum Gasteiger partial charge on any atom is -0.481 e. The first kappa shape index (κ1) is 22.3. The van der Waals surface area contributed by atoms with Crippen molar-refractivity contribution in [2.75, 3.05) is 5.32 Å². The fourth-order valence-electron chi connectivity index (χ4n) is 3.75. The first-order chi connectivity index (χ1) is 14.3. The predicted octanol–water partition coefficient (Wildman–Crippen LogP) is 5.46. The van der Waals surface area contributed by atoms with Crippen LogP contribution in [0.3, 0.4) is 0 Å². The number of carbonyl (C=O) groups excluding carboxylic acids is 2. The Morgan fingerprint density at radius 1 is 1.13 bits per heavy atom. The molecular formula is C22H24ClNO5S. The van der Waals surface area contributed by atoms with Gasteiger partial charge in [-0.3, -0.25) is 9.59 Å². The molecule has 0 unspecified atom stereocenters. The van der Waals surface area contributed by atoms with Crippen molar-refractivity contribution in [2.24, 2.45) is 11.8 Å². The van der Waals surface area contributed by atoms with Crippen LogP contribution in [0.4, 0.5) is 5.00 Å². The van der Waals surface area contributed by atoms with Crippen molar-refractivity contribution in [1.29, 1.82) is 0 Å². The summed E-state index contributed by atoms with van der Waals surface area (Å²) < 4.78 is 5.40. The number of nitrogens with one attached hydrogen (secondary N) is 1. The molecule has 0 spiro atoms. The Bertz CT molecular complexity index is 955. The van der Waals surface area contributed by atoms with E-state index in [4.69, 9.17) is 16.3 Å². The van der Waals surface area contributed by atoms with E-state index < -0.39 is 23.8 Å². The van der Waals surface area contributed by atoms with Crippen LogP contribution in [0.2, 0.25) is 5.02 Å². The highest BCUT2D eigenvalue weighted by Crippen LogP contribution is 2.40. The topological polar surface area (TPSA) is 92.7 Å². The number of amides is 1. The van der Waals surface area contributed by atoms with E-state index in [0.29, 0.717) is 34.0 Å². The molecule has 1 amide bonds. The van der Waals surface area contributed by atoms with Gasteiger partial charge in [-0.2, -0.15) is 0 Å². The number of hydrogen-bond acceptors (Lipinski definition) is 5. The third-order valence-corrected chi connectivity index (χ3v) is 6.38. The minimum atomic E-state index is -0.961. The van der Waals surface area contributed by atoms with Gasteiger partial charge in [0.25, 0.3) is 0 Å². The maximum atomic E-state index is 12.9. The molecule has 1 aliphatic carbocycles. The van der Waals surface area contributed by atoms with Gasteiger partial charge in [0.1, 0.15) is 10.6 Å². The molecule has 1 aromatic heterocycles. The van der Waals surface area contributed by atoms with E-state index in [-0.39, 0.29) is 17.6 Å². The van der Waals surface area contributed by atoms with Crippen LogP contribution in [0.15, 0.2) is 29.6 Å². The number of rotatable bonds is 6. The summed E-state index contributed by atoms with van der Waals surface area (Å²) in [5, 5.41) is 14.9. The van der Waals surface area contributed by atoms with Crippen LogP contribution in [0.1, 0.15) is 49.9 Å². The van der Waals surface area contributed by atoms with Crippen molar-refractivity contribution < 1.29 is 24.2 Å². The lowest BCUT2D eigenvalue weighted by atomic mass is 9.79. The number of carboxylic acid groups (broad SMARTS) is 1. The van der Waals surface area contributed by atoms with E-state index in [1.165, 1.54) is 11.3 Å². The van der Waals surface area contributed by atoms with Gasteiger partial charge in [0.15, 0.2) is 0 Å². The van der Waals surface area contributed by atoms with E-state index in [9.17, 15) is 19.5 Å². The molecule has 1 fully saturated rings. The zero-order chi connectivity index (χ0) is 21.8. The van der Waals surface area contributed by atoms with Crippen LogP contribution in [0.5, 0.6) is 0 Å². The Balaban J connectivity index is 1.96. The first-order valence-electron chi connectivity index (χ1n) is 9.90. The number of benzene rings is 1. The molecule has 0 saturated heterocycles. The summed E-state index contributed by atoms with van der Waals surface area (Å²) >= 11 is 7.53. The molecule has 2 atom stereocenters. The molecule has 3 rings (SSSR count). The molecule has 1 aliphatic rings. The lowest BCUT2D eigenvalue weighted by molar-refractivity contribution is -0.147. The van der Waals surface area contributed by atoms with Crippen molar-refractivity contribution in [3.63, 3.8) is 0 Å². The van der Waals surface area contributed by atoms with Crippen LogP contribution in [-0.4, -0.2) is 29.1 Å². The summed E-state index contributed by atoms with van der Waals surface area (Å²) in [5.74, 6) is -3.25. The number of carboxylic acids is 1. The molecule has 0 aliphatic heterocycles. The van der Waals surface area contributed by atoms with E-state index in [0.717, 1.165) is 12.8 Å². The molecule has 0 radical (unpaired) electrons. The molecule has 1 heterocycles. The van der Waals surface area contributed by atoms with Gasteiger partial charge in [0, 0.05) is 21.5 Å². The number of esters is 1. The number of carbonyl (C=O) groups is 3. The summed E-state index contributed by atoms with van der Waals surface area (Å²) in [6, 6.07) is 7.13. The van der Waals surface area contributed by atoms with E-state index in [1.54, 1.807) is 37.4 Å². The molecular weight excluding hydrogens is 426 g/mol. The highest BCUT2D eigenvalue weighted by atomic mass is 35.5. The monoisotopic (exact) mass is 449 g/mol. The zero-order valence-electron chi connectivity index (χ0n) is 16.8. The standard InChI is InChI=1S/C22H24ClNO5S/c1-12(2)29-22(28)18-16(13-7-5-6-10-17(13)23)11-30-20(18)24-19(25)14-8-3-4-9-15(14)21(26)27/h5-7,10-12,14-15H,3-4,8-9H2,1-2H3,(H,24,25)(H,26,27)/t14-,15+/m1/s1. The Morgan fingerprint density at radius 2 is 1.80 bits per heavy atom. The van der Waals surface area contributed by atoms with Gasteiger partial charge in [0.05, 0.1) is 17.9 Å². The minimum absolute atomic E-state index is 0.234. The molecule has 0 bridgehead atoms. The summed E-state index contributed by atoms with van der Waals surface area (Å²) in [4.78, 5) is 37.4. The average molecular weight is 450 g/mol. The third kappa shape index (κ3) is 4.84. The third-order valence-electron chi connectivity index (χ3n) is 5.16. The van der Waals surface area contributed by atoms with E-state index in [1.807, 2.05) is 6.07 Å². The Hall–Kier alpha value is -2.38. The fraction of sp³-hybridized carbons (Fsp3) is 0.409. The fourth-order valence-corrected chi connectivity index (χ4v) is 4.94. The first-order valence-corrected chi connectivity index (χ1v) is 11.2. The molecule has 1 aromatic carbocycles. The smallest absolute Gasteiger partial charge is 0.342 e. The van der Waals surface area contributed by atoms with Gasteiger partial charge in [0.2, 0.25) is 5.91 Å². The summed E-state index contributed by atoms with van der Waals surface area (Å²) in [6.45, 7) is 3.49. The van der Waals surface area contributed by atoms with Crippen LogP contribution >= 0.6 is 22.9 Å². The highest BCUT2D eigenvalue weighted by Gasteiger charge is 2.36. The van der Waals surface area contributed by atoms with E-state index >= 15 is 0 Å². The largest absolute Gasteiger partial charge is 0.481 e. The number of halogens is 1. The Kier molecular flexibility index (Phi) is 7.15. The molecule has 160 valence electrons. The van der Waals surface area contributed by atoms with Gasteiger partial charge in [-0.05, 0) is 32.8 Å². The summed E-state index contributed by atoms with van der Waals surface area (Å²) in [7, 11) is 0. The van der Waals surface area contributed by atoms with Crippen LogP contribution in [-0.2, 0) is 14.3 Å². The van der Waals surface area contributed by atoms with Gasteiger partial charge in [-0.1, -0.05) is 42.6 Å². The van der Waals surface area contributed by atoms with Crippen molar-refractivity contribution in [3.05, 3.63) is 40.2 Å². The number of thiophene rings is 1. The molecule has 1 saturated carbocycles. The number of hydrogen-bond donors (Lipinski definition) is 2. The van der Waals surface area contributed by atoms with Crippen LogP contribution in [0, 0.1) is 11.8 Å². The second-order valence-electron chi connectivity index (χ2n) is 7.61. The van der Waals surface area contributed by atoms with Crippen molar-refractivity contribution >= 4 is 45.8 Å². The molecule has 8 heteroatoms. The Morgan fingerprint density at radius 3 is 2.43 bits per heavy atom. The predicted molar refractivity (Wildman–Crippen MR) is 117 cm³/mol. The summed E-state index contributed by atoms with van der Waals surface area (Å²) in [6.07, 6.45) is 2.25. The van der Waals surface area contributed by atoms with Gasteiger partial charge in [-0.15, -0.1) is 11.3 Å². The van der Waals surface area contributed by atoms with Crippen molar-refractivity contribution in [1.82, 2.24) is 0 Å². The van der Waals surface area contributed by atoms with Crippen LogP contribution in [0.25, 0.3) is 11.1 Å². The van der Waals surface area contributed by atoms with Gasteiger partial charge < -0.3 is 15.2 Å². The average Bonchev–Trinajstić information content (AvgIpc) is 3.11. The lowest BCUT2D eigenvalue weighted by Crippen LogP contribution is -2.36. The van der Waals surface area contributed by atoms with Crippen molar-refractivity contribution in [3.8, 4) is 11.1 Å². The maximum absolute atomic E-state index is 12.9. The molecule has 30 heavy (non-hydrogen) atoms. The van der Waals surface area contributed by atoms with Crippen molar-refractivity contribution in [2.45, 2.75) is 45.6 Å². The van der Waals surface area contributed by atoms with Gasteiger partial charge >= 0.3 is 11.9 Å². The molecule has 6 nitrogen and oxygen atoms in total. The number of aliphatic carboxylic acids is 1. The van der Waals surface area contributed by atoms with E-state index in [2.05, 4.69) is 5.32 Å². The maximum Gasteiger partial charge on any atom is 0.342 e. The number of ether oxygens (including phenoxy) is 1. The quantitative estimate of drug-likeness (QED) is 0.571. The molecule has 2 N–H and O–H groups in total. The zero-order valence-corrected chi connectivity index (χ0v) is 18.4. The molecule has 2 aromatic rings. The summed E-state index contributed by atoms with van der Waals surface area (Å²) in [5.41, 5.74) is 1.47. The number of anilines is 1.